The molecule has 1 aromatic rings. The van der Waals surface area contributed by atoms with Crippen molar-refractivity contribution in [1.29, 1.82) is 0 Å². The van der Waals surface area contributed by atoms with E-state index in [2.05, 4.69) is 22.4 Å². The summed E-state index contributed by atoms with van der Waals surface area (Å²) < 4.78 is 12.8. The van der Waals surface area contributed by atoms with E-state index in [4.69, 9.17) is 12.2 Å². The molecule has 0 aliphatic rings. The maximum Gasteiger partial charge on any atom is 0.187 e. The molecule has 0 amide bonds. The lowest BCUT2D eigenvalue weighted by Crippen LogP contribution is -2.32. The molecule has 0 saturated carbocycles. The van der Waals surface area contributed by atoms with Gasteiger partial charge in [-0.25, -0.2) is 4.39 Å². The Morgan fingerprint density at radius 1 is 1.44 bits per heavy atom. The van der Waals surface area contributed by atoms with Crippen LogP contribution < -0.4 is 10.7 Å². The number of halogens is 1. The van der Waals surface area contributed by atoms with E-state index >= 15 is 0 Å². The fraction of sp³-hybridized carbons (Fsp3) is 0.231. The lowest BCUT2D eigenvalue weighted by molar-refractivity contribution is 0.627. The van der Waals surface area contributed by atoms with Crippen LogP contribution in [0.5, 0.6) is 0 Å². The molecule has 0 saturated heterocycles. The normalized spacial score (nSPS) is 10.9. The number of thiocarbonyl (C=S) groups is 1. The predicted molar refractivity (Wildman–Crippen MR) is 77.2 cm³/mol. The van der Waals surface area contributed by atoms with Crippen LogP contribution in [0.15, 0.2) is 42.0 Å². The molecule has 0 atom stereocenters. The predicted octanol–water partition coefficient (Wildman–Crippen LogP) is 2.59. The van der Waals surface area contributed by atoms with Crippen molar-refractivity contribution in [2.24, 2.45) is 5.10 Å². The van der Waals surface area contributed by atoms with Gasteiger partial charge in [0.2, 0.25) is 0 Å². The van der Waals surface area contributed by atoms with E-state index in [1.807, 2.05) is 6.92 Å². The van der Waals surface area contributed by atoms with Crippen molar-refractivity contribution in [2.75, 3.05) is 6.54 Å². The average Bonchev–Trinajstić information content (AvgIpc) is 2.39. The minimum Gasteiger partial charge on any atom is -0.358 e. The molecule has 0 aromatic heterocycles. The minimum absolute atomic E-state index is 0.259. The van der Waals surface area contributed by atoms with Crippen molar-refractivity contribution in [3.05, 3.63) is 48.3 Å². The van der Waals surface area contributed by atoms with Gasteiger partial charge in [-0.05, 0) is 36.3 Å². The molecule has 18 heavy (non-hydrogen) atoms. The Hall–Kier alpha value is -1.75. The van der Waals surface area contributed by atoms with Gasteiger partial charge in [0, 0.05) is 6.54 Å². The van der Waals surface area contributed by atoms with Crippen molar-refractivity contribution < 1.29 is 4.39 Å². The fourth-order valence-electron chi connectivity index (χ4n) is 1.31. The summed E-state index contributed by atoms with van der Waals surface area (Å²) in [6.07, 6.45) is 2.43. The summed E-state index contributed by atoms with van der Waals surface area (Å²) in [5.74, 6) is -0.259. The van der Waals surface area contributed by atoms with Crippen LogP contribution >= 0.6 is 12.2 Å². The van der Waals surface area contributed by atoms with Crippen LogP contribution in [0.1, 0.15) is 18.9 Å². The third-order valence-corrected chi connectivity index (χ3v) is 2.45. The van der Waals surface area contributed by atoms with E-state index in [1.54, 1.807) is 18.2 Å². The van der Waals surface area contributed by atoms with Crippen LogP contribution in [0.2, 0.25) is 0 Å². The van der Waals surface area contributed by atoms with Crippen LogP contribution in [-0.4, -0.2) is 17.4 Å². The molecular formula is C13H16FN3S. The van der Waals surface area contributed by atoms with E-state index in [0.29, 0.717) is 11.7 Å². The van der Waals surface area contributed by atoms with Crippen molar-refractivity contribution in [2.45, 2.75) is 13.3 Å². The molecule has 0 aliphatic carbocycles. The second-order valence-electron chi connectivity index (χ2n) is 3.53. The Kier molecular flexibility index (Phi) is 6.00. The Morgan fingerprint density at radius 3 is 2.67 bits per heavy atom. The highest BCUT2D eigenvalue weighted by atomic mass is 32.1. The van der Waals surface area contributed by atoms with Crippen molar-refractivity contribution in [1.82, 2.24) is 10.7 Å². The molecule has 1 aromatic carbocycles. The summed E-state index contributed by atoms with van der Waals surface area (Å²) in [5, 5.41) is 7.54. The Bertz CT molecular complexity index is 440. The maximum absolute atomic E-state index is 12.8. The molecule has 5 heteroatoms. The summed E-state index contributed by atoms with van der Waals surface area (Å²) in [5.41, 5.74) is 4.44. The standard InChI is InChI=1S/C13H16FN3S/c1-3-9-15-13(18)17-16-12(4-2)10-5-7-11(14)8-6-10/h3,5-8H,1,4,9H2,2H3,(H2,15,17,18)/b16-12+. The summed E-state index contributed by atoms with van der Waals surface area (Å²) in [7, 11) is 0. The van der Waals surface area contributed by atoms with Gasteiger partial charge in [-0.3, -0.25) is 5.43 Å². The largest absolute Gasteiger partial charge is 0.358 e. The van der Waals surface area contributed by atoms with Crippen molar-refractivity contribution >= 4 is 23.0 Å². The minimum atomic E-state index is -0.259. The smallest absolute Gasteiger partial charge is 0.187 e. The van der Waals surface area contributed by atoms with Crippen LogP contribution in [-0.2, 0) is 0 Å². The second-order valence-corrected chi connectivity index (χ2v) is 3.94. The lowest BCUT2D eigenvalue weighted by atomic mass is 10.1. The highest BCUT2D eigenvalue weighted by Gasteiger charge is 2.02. The summed E-state index contributed by atoms with van der Waals surface area (Å²) in [4.78, 5) is 0. The maximum atomic E-state index is 12.8. The van der Waals surface area contributed by atoms with E-state index < -0.39 is 0 Å². The van der Waals surface area contributed by atoms with Gasteiger partial charge in [-0.1, -0.05) is 25.1 Å². The van der Waals surface area contributed by atoms with Gasteiger partial charge in [0.15, 0.2) is 5.11 Å². The zero-order valence-electron chi connectivity index (χ0n) is 10.2. The van der Waals surface area contributed by atoms with Gasteiger partial charge >= 0.3 is 0 Å². The summed E-state index contributed by atoms with van der Waals surface area (Å²) in [6, 6.07) is 6.21. The highest BCUT2D eigenvalue weighted by Crippen LogP contribution is 2.06. The zero-order chi connectivity index (χ0) is 13.4. The highest BCUT2D eigenvalue weighted by molar-refractivity contribution is 7.80. The van der Waals surface area contributed by atoms with Gasteiger partial charge in [0.1, 0.15) is 5.82 Å². The van der Waals surface area contributed by atoms with E-state index in [0.717, 1.165) is 17.7 Å². The van der Waals surface area contributed by atoms with Crippen molar-refractivity contribution in [3.8, 4) is 0 Å². The number of hydrogen-bond donors (Lipinski definition) is 2. The Morgan fingerprint density at radius 2 is 2.11 bits per heavy atom. The van der Waals surface area contributed by atoms with Crippen LogP contribution in [0.3, 0.4) is 0 Å². The number of nitrogens with zero attached hydrogens (tertiary/aromatic N) is 1. The molecule has 0 spiro atoms. The molecule has 2 N–H and O–H groups in total. The number of nitrogens with one attached hydrogen (secondary N) is 2. The quantitative estimate of drug-likeness (QED) is 0.372. The number of benzene rings is 1. The molecule has 3 nitrogen and oxygen atoms in total. The van der Waals surface area contributed by atoms with Gasteiger partial charge in [-0.2, -0.15) is 5.10 Å². The molecule has 0 radical (unpaired) electrons. The van der Waals surface area contributed by atoms with Gasteiger partial charge in [0.05, 0.1) is 5.71 Å². The monoisotopic (exact) mass is 265 g/mol. The van der Waals surface area contributed by atoms with Crippen molar-refractivity contribution in [3.63, 3.8) is 0 Å². The molecular weight excluding hydrogens is 249 g/mol. The van der Waals surface area contributed by atoms with Crippen LogP contribution in [0.25, 0.3) is 0 Å². The first kappa shape index (κ1) is 14.3. The van der Waals surface area contributed by atoms with Crippen LogP contribution in [0, 0.1) is 5.82 Å². The molecule has 1 rings (SSSR count). The zero-order valence-corrected chi connectivity index (χ0v) is 11.1. The number of hydrazone groups is 1. The molecule has 0 aliphatic heterocycles. The van der Waals surface area contributed by atoms with E-state index in [1.165, 1.54) is 12.1 Å². The Balaban J connectivity index is 2.68. The van der Waals surface area contributed by atoms with Gasteiger partial charge in [0.25, 0.3) is 0 Å². The molecule has 0 bridgehead atoms. The molecule has 0 heterocycles. The summed E-state index contributed by atoms with van der Waals surface area (Å²) >= 11 is 5.02. The second kappa shape index (κ2) is 7.55. The van der Waals surface area contributed by atoms with Gasteiger partial charge < -0.3 is 5.32 Å². The first-order valence-corrected chi connectivity index (χ1v) is 6.05. The first-order valence-electron chi connectivity index (χ1n) is 5.64. The molecule has 96 valence electrons. The van der Waals surface area contributed by atoms with E-state index in [9.17, 15) is 4.39 Å². The first-order chi connectivity index (χ1) is 8.67. The summed E-state index contributed by atoms with van der Waals surface area (Å²) in [6.45, 7) is 6.14. The average molecular weight is 265 g/mol. The third kappa shape index (κ3) is 4.63. The van der Waals surface area contributed by atoms with Crippen LogP contribution in [0.4, 0.5) is 4.39 Å². The fourth-order valence-corrected chi connectivity index (χ4v) is 1.44. The Labute approximate surface area is 112 Å². The topological polar surface area (TPSA) is 36.4 Å². The molecule has 0 unspecified atom stereocenters. The van der Waals surface area contributed by atoms with E-state index in [-0.39, 0.29) is 5.82 Å². The number of rotatable bonds is 5. The lowest BCUT2D eigenvalue weighted by Gasteiger charge is -2.07. The SMILES string of the molecule is C=CCNC(=S)N/N=C(\CC)c1ccc(F)cc1. The number of hydrogen-bond acceptors (Lipinski definition) is 2. The van der Waals surface area contributed by atoms with Gasteiger partial charge in [-0.15, -0.1) is 6.58 Å². The third-order valence-electron chi connectivity index (χ3n) is 2.21. The molecule has 0 fully saturated rings.